The molecule has 2 aromatic rings. The summed E-state index contributed by atoms with van der Waals surface area (Å²) in [5.74, 6) is 0. The molecular weight excluding hydrogens is 405 g/mol. The first kappa shape index (κ1) is 25.2. The van der Waals surface area contributed by atoms with Gasteiger partial charge in [0.1, 0.15) is 11.0 Å². The second-order valence-electron chi connectivity index (χ2n) is 11.0. The van der Waals surface area contributed by atoms with Crippen molar-refractivity contribution in [1.82, 2.24) is 4.31 Å². The molecule has 0 bridgehead atoms. The normalized spacial score (nSPS) is 15.5. The van der Waals surface area contributed by atoms with Crippen LogP contribution in [0.15, 0.2) is 54.6 Å². The van der Waals surface area contributed by atoms with Crippen molar-refractivity contribution in [3.63, 3.8) is 0 Å². The van der Waals surface area contributed by atoms with Crippen LogP contribution >= 0.6 is 7.92 Å². The van der Waals surface area contributed by atoms with Crippen molar-refractivity contribution < 1.29 is 4.21 Å². The lowest BCUT2D eigenvalue weighted by molar-refractivity contribution is 0.441. The van der Waals surface area contributed by atoms with E-state index < -0.39 is 18.9 Å². The molecule has 0 spiro atoms. The van der Waals surface area contributed by atoms with Crippen LogP contribution in [0.3, 0.4) is 0 Å². The predicted octanol–water partition coefficient (Wildman–Crippen LogP) is 6.87. The average molecular weight is 446 g/mol. The van der Waals surface area contributed by atoms with Crippen LogP contribution in [0.1, 0.15) is 79.5 Å². The molecule has 2 aromatic carbocycles. The lowest BCUT2D eigenvalue weighted by Gasteiger charge is -2.44. The van der Waals surface area contributed by atoms with E-state index >= 15 is 0 Å². The monoisotopic (exact) mass is 445 g/mol. The Morgan fingerprint density at radius 1 is 0.767 bits per heavy atom. The van der Waals surface area contributed by atoms with Gasteiger partial charge in [0.2, 0.25) is 0 Å². The molecule has 0 saturated heterocycles. The maximum absolute atomic E-state index is 13.5. The first-order valence-corrected chi connectivity index (χ1v) is 13.2. The van der Waals surface area contributed by atoms with Gasteiger partial charge in [0.05, 0.1) is 10.8 Å². The third kappa shape index (κ3) is 5.81. The number of hydrogen-bond donors (Lipinski definition) is 0. The Morgan fingerprint density at radius 3 is 1.70 bits per heavy atom. The van der Waals surface area contributed by atoms with Crippen LogP contribution in [0.5, 0.6) is 0 Å². The van der Waals surface area contributed by atoms with Gasteiger partial charge in [-0.05, 0) is 47.5 Å². The molecule has 2 atom stereocenters. The fourth-order valence-electron chi connectivity index (χ4n) is 4.40. The number of nitrogens with zero attached hydrogens (tertiary/aromatic N) is 1. The zero-order valence-electron chi connectivity index (χ0n) is 20.5. The van der Waals surface area contributed by atoms with Crippen LogP contribution in [0.25, 0.3) is 0 Å². The van der Waals surface area contributed by atoms with Crippen molar-refractivity contribution >= 4 is 24.2 Å². The molecule has 0 aromatic heterocycles. The topological polar surface area (TPSA) is 20.3 Å². The molecule has 166 valence electrons. The van der Waals surface area contributed by atoms with E-state index in [0.29, 0.717) is 0 Å². The van der Waals surface area contributed by atoms with Gasteiger partial charge in [-0.25, -0.2) is 8.51 Å². The molecule has 0 heterocycles. The molecule has 0 aliphatic rings. The lowest BCUT2D eigenvalue weighted by atomic mass is 9.99. The summed E-state index contributed by atoms with van der Waals surface area (Å²) < 4.78 is 15.2. The van der Waals surface area contributed by atoms with E-state index in [1.807, 2.05) is 33.9 Å². The standard InChI is InChI=1S/C26H40NOPS/c1-24(2,3)29(25(4,5)6)22-19-15-14-18-21(22)23(20-16-12-11-13-17-20)27(10)30(28)26(7,8)9/h11-19,23H,1-10H3/t23-,30?/m0/s1. The fourth-order valence-corrected chi connectivity index (χ4v) is 9.84. The maximum Gasteiger partial charge on any atom is 0.100 e. The molecule has 2 rings (SSSR count). The van der Waals surface area contributed by atoms with E-state index in [9.17, 15) is 4.21 Å². The summed E-state index contributed by atoms with van der Waals surface area (Å²) in [6.45, 7) is 20.3. The lowest BCUT2D eigenvalue weighted by Crippen LogP contribution is -2.40. The maximum atomic E-state index is 13.5. The van der Waals surface area contributed by atoms with Gasteiger partial charge >= 0.3 is 0 Å². The molecule has 0 saturated carbocycles. The highest BCUT2D eigenvalue weighted by molar-refractivity contribution is 7.84. The van der Waals surface area contributed by atoms with Gasteiger partial charge in [0, 0.05) is 7.05 Å². The first-order valence-electron chi connectivity index (χ1n) is 10.7. The largest absolute Gasteiger partial charge is 0.242 e. The summed E-state index contributed by atoms with van der Waals surface area (Å²) in [4.78, 5) is 0. The van der Waals surface area contributed by atoms with E-state index in [1.54, 1.807) is 0 Å². The first-order chi connectivity index (χ1) is 13.7. The van der Waals surface area contributed by atoms with E-state index in [0.717, 1.165) is 0 Å². The minimum atomic E-state index is -1.14. The summed E-state index contributed by atoms with van der Waals surface area (Å²) in [5.41, 5.74) is 2.46. The van der Waals surface area contributed by atoms with Gasteiger partial charge in [0.25, 0.3) is 0 Å². The minimum absolute atomic E-state index is 0.0582. The molecular formula is C26H40NOPS. The van der Waals surface area contributed by atoms with Gasteiger partial charge in [-0.3, -0.25) is 0 Å². The van der Waals surface area contributed by atoms with Crippen LogP contribution in [0, 0.1) is 0 Å². The van der Waals surface area contributed by atoms with E-state index in [-0.39, 0.29) is 21.1 Å². The SMILES string of the molecule is CN([C@@H](c1ccccc1)c1ccccc1P(C(C)(C)C)C(C)(C)C)S(=O)C(C)(C)C. The Balaban J connectivity index is 2.77. The fraction of sp³-hybridized carbons (Fsp3) is 0.538. The minimum Gasteiger partial charge on any atom is -0.242 e. The summed E-state index contributed by atoms with van der Waals surface area (Å²) >= 11 is 0. The van der Waals surface area contributed by atoms with Crippen molar-refractivity contribution in [2.75, 3.05) is 7.05 Å². The van der Waals surface area contributed by atoms with Gasteiger partial charge in [-0.15, -0.1) is 0 Å². The zero-order valence-corrected chi connectivity index (χ0v) is 22.2. The Labute approximate surface area is 188 Å². The van der Waals surface area contributed by atoms with Crippen LogP contribution in [0.4, 0.5) is 0 Å². The molecule has 30 heavy (non-hydrogen) atoms. The summed E-state index contributed by atoms with van der Waals surface area (Å²) in [6.07, 6.45) is 0. The Morgan fingerprint density at radius 2 is 1.23 bits per heavy atom. The molecule has 0 fully saturated rings. The van der Waals surface area contributed by atoms with Crippen molar-refractivity contribution in [1.29, 1.82) is 0 Å². The van der Waals surface area contributed by atoms with E-state index in [2.05, 4.69) is 94.4 Å². The van der Waals surface area contributed by atoms with Gasteiger partial charge in [-0.1, -0.05) is 104 Å². The zero-order chi connectivity index (χ0) is 22.9. The van der Waals surface area contributed by atoms with Crippen molar-refractivity contribution in [3.05, 3.63) is 65.7 Å². The van der Waals surface area contributed by atoms with Gasteiger partial charge < -0.3 is 0 Å². The third-order valence-corrected chi connectivity index (χ3v) is 10.4. The Hall–Kier alpha value is -1.02. The average Bonchev–Trinajstić information content (AvgIpc) is 2.60. The molecule has 4 heteroatoms. The molecule has 0 N–H and O–H groups in total. The van der Waals surface area contributed by atoms with Crippen LogP contribution in [0.2, 0.25) is 0 Å². The van der Waals surface area contributed by atoms with E-state index in [1.165, 1.54) is 16.4 Å². The van der Waals surface area contributed by atoms with Gasteiger partial charge in [0.15, 0.2) is 0 Å². The second-order valence-corrected chi connectivity index (χ2v) is 17.1. The molecule has 0 aliphatic heterocycles. The van der Waals surface area contributed by atoms with Crippen LogP contribution < -0.4 is 5.30 Å². The Bertz CT molecular complexity index is 845. The van der Waals surface area contributed by atoms with Crippen LogP contribution in [-0.2, 0) is 11.0 Å². The second kappa shape index (κ2) is 9.23. The van der Waals surface area contributed by atoms with Crippen molar-refractivity contribution in [2.24, 2.45) is 0 Å². The summed E-state index contributed by atoms with van der Waals surface area (Å²) in [7, 11) is 0.391. The van der Waals surface area contributed by atoms with Crippen molar-refractivity contribution in [3.8, 4) is 0 Å². The Kier molecular flexibility index (Phi) is 7.76. The highest BCUT2D eigenvalue weighted by Gasteiger charge is 2.39. The quantitative estimate of drug-likeness (QED) is 0.460. The number of rotatable bonds is 5. The summed E-state index contributed by atoms with van der Waals surface area (Å²) in [6, 6.07) is 19.3. The number of benzene rings is 2. The van der Waals surface area contributed by atoms with Crippen LogP contribution in [-0.4, -0.2) is 30.6 Å². The molecule has 0 aliphatic carbocycles. The molecule has 2 nitrogen and oxygen atoms in total. The number of hydrogen-bond acceptors (Lipinski definition) is 1. The highest BCUT2D eigenvalue weighted by atomic mass is 32.2. The van der Waals surface area contributed by atoms with Crippen molar-refractivity contribution in [2.45, 2.75) is 83.4 Å². The van der Waals surface area contributed by atoms with Gasteiger partial charge in [-0.2, -0.15) is 0 Å². The molecule has 1 unspecified atom stereocenters. The summed E-state index contributed by atoms with van der Waals surface area (Å²) in [5, 5.41) is 1.73. The smallest absolute Gasteiger partial charge is 0.100 e. The highest BCUT2D eigenvalue weighted by Crippen LogP contribution is 2.59. The predicted molar refractivity (Wildman–Crippen MR) is 136 cm³/mol. The van der Waals surface area contributed by atoms with E-state index in [4.69, 9.17) is 0 Å². The third-order valence-electron chi connectivity index (χ3n) is 5.08. The molecule has 0 amide bonds. The molecule has 0 radical (unpaired) electrons.